The van der Waals surface area contributed by atoms with Gasteiger partial charge >= 0.3 is 0 Å². The SMILES string of the molecule is CCCNC1CCC(C(C)(C)CC)CC1S(=O)(=O)CC. The molecule has 0 saturated heterocycles. The number of hydrogen-bond donors (Lipinski definition) is 1. The maximum absolute atomic E-state index is 12.4. The first-order valence-electron chi connectivity index (χ1n) is 8.23. The molecular weight excluding hydrogens is 270 g/mol. The van der Waals surface area contributed by atoms with Gasteiger partial charge in [0.15, 0.2) is 9.84 Å². The second-order valence-electron chi connectivity index (χ2n) is 6.90. The van der Waals surface area contributed by atoms with Crippen LogP contribution in [-0.4, -0.2) is 32.0 Å². The van der Waals surface area contributed by atoms with Gasteiger partial charge in [0.2, 0.25) is 0 Å². The fraction of sp³-hybridized carbons (Fsp3) is 1.00. The Morgan fingerprint density at radius 1 is 1.15 bits per heavy atom. The number of sulfone groups is 1. The topological polar surface area (TPSA) is 46.2 Å². The summed E-state index contributed by atoms with van der Waals surface area (Å²) in [6.07, 6.45) is 5.15. The van der Waals surface area contributed by atoms with E-state index in [4.69, 9.17) is 0 Å². The number of hydrogen-bond acceptors (Lipinski definition) is 3. The third-order valence-electron chi connectivity index (χ3n) is 5.33. The molecule has 0 heterocycles. The van der Waals surface area contributed by atoms with Crippen molar-refractivity contribution >= 4 is 9.84 Å². The van der Waals surface area contributed by atoms with E-state index in [0.29, 0.717) is 5.92 Å². The second-order valence-corrected chi connectivity index (χ2v) is 9.41. The van der Waals surface area contributed by atoms with E-state index < -0.39 is 9.84 Å². The minimum Gasteiger partial charge on any atom is -0.313 e. The van der Waals surface area contributed by atoms with E-state index in [-0.39, 0.29) is 22.5 Å². The predicted octanol–water partition coefficient (Wildman–Crippen LogP) is 3.39. The van der Waals surface area contributed by atoms with E-state index in [1.54, 1.807) is 6.92 Å². The van der Waals surface area contributed by atoms with E-state index in [9.17, 15) is 8.42 Å². The van der Waals surface area contributed by atoms with Crippen LogP contribution in [-0.2, 0) is 9.84 Å². The minimum atomic E-state index is -2.96. The molecule has 1 fully saturated rings. The van der Waals surface area contributed by atoms with Crippen molar-refractivity contribution in [2.45, 2.75) is 78.0 Å². The summed E-state index contributed by atoms with van der Waals surface area (Å²) in [4.78, 5) is 0. The highest BCUT2D eigenvalue weighted by molar-refractivity contribution is 7.92. The van der Waals surface area contributed by atoms with Crippen LogP contribution in [0.1, 0.15) is 66.7 Å². The molecule has 3 nitrogen and oxygen atoms in total. The summed E-state index contributed by atoms with van der Waals surface area (Å²) >= 11 is 0. The summed E-state index contributed by atoms with van der Waals surface area (Å²) in [5, 5.41) is 3.28. The molecule has 1 saturated carbocycles. The van der Waals surface area contributed by atoms with Crippen LogP contribution in [0.5, 0.6) is 0 Å². The van der Waals surface area contributed by atoms with Gasteiger partial charge in [-0.1, -0.05) is 41.0 Å². The molecule has 20 heavy (non-hydrogen) atoms. The molecule has 3 unspecified atom stereocenters. The summed E-state index contributed by atoms with van der Waals surface area (Å²) in [5.41, 5.74) is 0.247. The van der Waals surface area contributed by atoms with Gasteiger partial charge in [-0.3, -0.25) is 0 Å². The van der Waals surface area contributed by atoms with E-state index in [2.05, 4.69) is 33.0 Å². The van der Waals surface area contributed by atoms with Gasteiger partial charge in [-0.25, -0.2) is 8.42 Å². The average molecular weight is 304 g/mol. The lowest BCUT2D eigenvalue weighted by Gasteiger charge is -2.43. The molecule has 0 radical (unpaired) electrons. The van der Waals surface area contributed by atoms with Crippen molar-refractivity contribution < 1.29 is 8.42 Å². The van der Waals surface area contributed by atoms with Crippen LogP contribution in [0.15, 0.2) is 0 Å². The van der Waals surface area contributed by atoms with Crippen LogP contribution in [0, 0.1) is 11.3 Å². The van der Waals surface area contributed by atoms with Crippen molar-refractivity contribution in [3.63, 3.8) is 0 Å². The monoisotopic (exact) mass is 303 g/mol. The van der Waals surface area contributed by atoms with Crippen LogP contribution in [0.25, 0.3) is 0 Å². The summed E-state index contributed by atoms with van der Waals surface area (Å²) < 4.78 is 24.9. The fourth-order valence-corrected chi connectivity index (χ4v) is 4.99. The van der Waals surface area contributed by atoms with Crippen LogP contribution in [0.3, 0.4) is 0 Å². The van der Waals surface area contributed by atoms with Gasteiger partial charge in [0, 0.05) is 11.8 Å². The Balaban J connectivity index is 2.89. The summed E-state index contributed by atoms with van der Waals surface area (Å²) in [6, 6.07) is 0.156. The summed E-state index contributed by atoms with van der Waals surface area (Å²) in [7, 11) is -2.96. The molecule has 0 aliphatic heterocycles. The van der Waals surface area contributed by atoms with Crippen LogP contribution < -0.4 is 5.32 Å². The molecule has 0 aromatic heterocycles. The molecule has 3 atom stereocenters. The molecule has 1 aliphatic rings. The van der Waals surface area contributed by atoms with Gasteiger partial charge in [0.05, 0.1) is 5.25 Å². The Morgan fingerprint density at radius 2 is 1.80 bits per heavy atom. The quantitative estimate of drug-likeness (QED) is 0.784. The number of nitrogens with one attached hydrogen (secondary N) is 1. The largest absolute Gasteiger partial charge is 0.313 e. The lowest BCUT2D eigenvalue weighted by Crippen LogP contribution is -2.50. The van der Waals surface area contributed by atoms with Crippen molar-refractivity contribution in [3.05, 3.63) is 0 Å². The van der Waals surface area contributed by atoms with Crippen molar-refractivity contribution in [2.75, 3.05) is 12.3 Å². The molecule has 0 aromatic carbocycles. The van der Waals surface area contributed by atoms with E-state index in [1.807, 2.05) is 0 Å². The highest BCUT2D eigenvalue weighted by Gasteiger charge is 2.41. The van der Waals surface area contributed by atoms with E-state index in [0.717, 1.165) is 38.6 Å². The van der Waals surface area contributed by atoms with Crippen LogP contribution in [0.4, 0.5) is 0 Å². The smallest absolute Gasteiger partial charge is 0.154 e. The molecule has 0 amide bonds. The molecule has 0 bridgehead atoms. The average Bonchev–Trinajstić information content (AvgIpc) is 2.44. The third kappa shape index (κ3) is 4.20. The molecule has 120 valence electrons. The van der Waals surface area contributed by atoms with Crippen molar-refractivity contribution in [3.8, 4) is 0 Å². The lowest BCUT2D eigenvalue weighted by molar-refractivity contribution is 0.139. The van der Waals surface area contributed by atoms with Crippen molar-refractivity contribution in [1.82, 2.24) is 5.32 Å². The summed E-state index contributed by atoms with van der Waals surface area (Å²) in [5.74, 6) is 0.792. The highest BCUT2D eigenvalue weighted by Crippen LogP contribution is 2.42. The molecule has 0 aromatic rings. The van der Waals surface area contributed by atoms with Gasteiger partial charge < -0.3 is 5.32 Å². The van der Waals surface area contributed by atoms with Gasteiger partial charge in [-0.2, -0.15) is 0 Å². The standard InChI is InChI=1S/C16H33NO2S/c1-6-11-17-14-10-9-13(16(4,5)7-2)12-15(14)20(18,19)8-3/h13-15,17H,6-12H2,1-5H3. The summed E-state index contributed by atoms with van der Waals surface area (Å²) in [6.45, 7) is 11.6. The Kier molecular flexibility index (Phi) is 6.52. The molecular formula is C16H33NO2S. The zero-order valence-corrected chi connectivity index (χ0v) is 14.7. The van der Waals surface area contributed by atoms with Gasteiger partial charge in [-0.15, -0.1) is 0 Å². The van der Waals surface area contributed by atoms with Crippen LogP contribution in [0.2, 0.25) is 0 Å². The first-order valence-corrected chi connectivity index (χ1v) is 9.95. The molecule has 1 rings (SSSR count). The van der Waals surface area contributed by atoms with Gasteiger partial charge in [-0.05, 0) is 43.6 Å². The van der Waals surface area contributed by atoms with Crippen molar-refractivity contribution in [1.29, 1.82) is 0 Å². The molecule has 4 heteroatoms. The van der Waals surface area contributed by atoms with Gasteiger partial charge in [0.1, 0.15) is 0 Å². The zero-order chi connectivity index (χ0) is 15.4. The Bertz CT molecular complexity index is 389. The molecule has 1 aliphatic carbocycles. The second kappa shape index (κ2) is 7.26. The maximum atomic E-state index is 12.4. The fourth-order valence-electron chi connectivity index (χ4n) is 3.30. The van der Waals surface area contributed by atoms with E-state index in [1.165, 1.54) is 0 Å². The van der Waals surface area contributed by atoms with Gasteiger partial charge in [0.25, 0.3) is 0 Å². The predicted molar refractivity (Wildman–Crippen MR) is 86.7 cm³/mol. The molecule has 1 N–H and O–H groups in total. The Labute approximate surface area is 125 Å². The third-order valence-corrected chi connectivity index (χ3v) is 7.58. The highest BCUT2D eigenvalue weighted by atomic mass is 32.2. The zero-order valence-electron chi connectivity index (χ0n) is 13.9. The molecule has 0 spiro atoms. The normalized spacial score (nSPS) is 28.6. The lowest BCUT2D eigenvalue weighted by atomic mass is 9.68. The Hall–Kier alpha value is -0.0900. The first-order chi connectivity index (χ1) is 9.28. The minimum absolute atomic E-state index is 0.156. The Morgan fingerprint density at radius 3 is 2.30 bits per heavy atom. The maximum Gasteiger partial charge on any atom is 0.154 e. The van der Waals surface area contributed by atoms with E-state index >= 15 is 0 Å². The first kappa shape index (κ1) is 18.0. The van der Waals surface area contributed by atoms with Crippen molar-refractivity contribution in [2.24, 2.45) is 11.3 Å². The van der Waals surface area contributed by atoms with Crippen LogP contribution >= 0.6 is 0 Å². The number of rotatable bonds is 7.